The molecule has 1 amide bonds. The van der Waals surface area contributed by atoms with Gasteiger partial charge in [-0.05, 0) is 49.1 Å². The predicted octanol–water partition coefficient (Wildman–Crippen LogP) is 4.09. The second-order valence-electron chi connectivity index (χ2n) is 7.76. The average molecular weight is 437 g/mol. The van der Waals surface area contributed by atoms with Crippen LogP contribution in [0.3, 0.4) is 0 Å². The molecular formula is C22H26F3N3O3. The van der Waals surface area contributed by atoms with Crippen molar-refractivity contribution in [1.82, 2.24) is 4.57 Å². The third kappa shape index (κ3) is 6.10. The van der Waals surface area contributed by atoms with E-state index in [1.165, 1.54) is 4.57 Å². The SMILES string of the molecule is Cc1cc(-c2ccc(NC(=O)C3CCOCC3)c(NCCC(F)(F)F)c2)cn(C)c1=O. The summed E-state index contributed by atoms with van der Waals surface area (Å²) in [6, 6.07) is 6.86. The van der Waals surface area contributed by atoms with Crippen molar-refractivity contribution in [3.05, 3.63) is 46.4 Å². The quantitative estimate of drug-likeness (QED) is 0.714. The fourth-order valence-corrected chi connectivity index (χ4v) is 3.55. The highest BCUT2D eigenvalue weighted by Gasteiger charge is 2.27. The van der Waals surface area contributed by atoms with E-state index in [4.69, 9.17) is 4.74 Å². The number of ether oxygens (including phenoxy) is 1. The van der Waals surface area contributed by atoms with Gasteiger partial charge in [0.25, 0.3) is 5.56 Å². The second kappa shape index (κ2) is 9.55. The number of alkyl halides is 3. The van der Waals surface area contributed by atoms with Gasteiger partial charge in [0.1, 0.15) is 0 Å². The molecule has 1 aromatic heterocycles. The number of aryl methyl sites for hydroxylation is 2. The number of hydrogen-bond donors (Lipinski definition) is 2. The maximum atomic E-state index is 12.6. The first-order chi connectivity index (χ1) is 14.6. The van der Waals surface area contributed by atoms with Gasteiger partial charge in [-0.15, -0.1) is 0 Å². The molecule has 3 rings (SSSR count). The van der Waals surface area contributed by atoms with E-state index in [0.29, 0.717) is 43.0 Å². The van der Waals surface area contributed by atoms with Crippen LogP contribution in [0.25, 0.3) is 11.1 Å². The minimum atomic E-state index is -4.29. The molecule has 6 nitrogen and oxygen atoms in total. The minimum Gasteiger partial charge on any atom is -0.383 e. The van der Waals surface area contributed by atoms with E-state index in [1.807, 2.05) is 0 Å². The van der Waals surface area contributed by atoms with Crippen molar-refractivity contribution < 1.29 is 22.7 Å². The first-order valence-electron chi connectivity index (χ1n) is 10.1. The van der Waals surface area contributed by atoms with Gasteiger partial charge < -0.3 is 19.9 Å². The van der Waals surface area contributed by atoms with Crippen molar-refractivity contribution in [1.29, 1.82) is 0 Å². The summed E-state index contributed by atoms with van der Waals surface area (Å²) in [5.74, 6) is -0.365. The van der Waals surface area contributed by atoms with Gasteiger partial charge in [-0.2, -0.15) is 13.2 Å². The topological polar surface area (TPSA) is 72.4 Å². The van der Waals surface area contributed by atoms with Gasteiger partial charge >= 0.3 is 6.18 Å². The number of rotatable bonds is 6. The van der Waals surface area contributed by atoms with Crippen LogP contribution in [-0.4, -0.2) is 36.4 Å². The number of nitrogens with zero attached hydrogens (tertiary/aromatic N) is 1. The lowest BCUT2D eigenvalue weighted by Gasteiger charge is -2.22. The molecule has 1 saturated heterocycles. The van der Waals surface area contributed by atoms with Gasteiger partial charge in [-0.3, -0.25) is 9.59 Å². The van der Waals surface area contributed by atoms with Gasteiger partial charge in [0.15, 0.2) is 0 Å². The number of pyridine rings is 1. The molecule has 0 radical (unpaired) electrons. The number of carbonyl (C=O) groups excluding carboxylic acids is 1. The van der Waals surface area contributed by atoms with Crippen molar-refractivity contribution >= 4 is 17.3 Å². The average Bonchev–Trinajstić information content (AvgIpc) is 2.72. The molecular weight excluding hydrogens is 411 g/mol. The highest BCUT2D eigenvalue weighted by atomic mass is 19.4. The van der Waals surface area contributed by atoms with Crippen molar-refractivity contribution in [2.45, 2.75) is 32.4 Å². The van der Waals surface area contributed by atoms with Crippen LogP contribution in [-0.2, 0) is 16.6 Å². The van der Waals surface area contributed by atoms with E-state index in [9.17, 15) is 22.8 Å². The molecule has 9 heteroatoms. The number of nitrogens with one attached hydrogen (secondary N) is 2. The summed E-state index contributed by atoms with van der Waals surface area (Å²) in [4.78, 5) is 24.6. The van der Waals surface area contributed by atoms with E-state index in [-0.39, 0.29) is 23.9 Å². The van der Waals surface area contributed by atoms with Crippen LogP contribution in [0.4, 0.5) is 24.5 Å². The van der Waals surface area contributed by atoms with E-state index < -0.39 is 12.6 Å². The third-order valence-electron chi connectivity index (χ3n) is 5.29. The zero-order valence-corrected chi connectivity index (χ0v) is 17.5. The number of anilines is 2. The Kier molecular flexibility index (Phi) is 7.04. The smallest absolute Gasteiger partial charge is 0.383 e. The molecule has 2 heterocycles. The maximum Gasteiger partial charge on any atom is 0.390 e. The highest BCUT2D eigenvalue weighted by molar-refractivity contribution is 5.96. The molecule has 0 bridgehead atoms. The summed E-state index contributed by atoms with van der Waals surface area (Å²) in [5, 5.41) is 5.65. The van der Waals surface area contributed by atoms with Crippen LogP contribution < -0.4 is 16.2 Å². The molecule has 1 aliphatic heterocycles. The molecule has 0 unspecified atom stereocenters. The Hall–Kier alpha value is -2.81. The first kappa shape index (κ1) is 22.9. The van der Waals surface area contributed by atoms with Crippen LogP contribution in [0.2, 0.25) is 0 Å². The number of halogens is 3. The Morgan fingerprint density at radius 2 is 1.87 bits per heavy atom. The van der Waals surface area contributed by atoms with Crippen LogP contribution in [0.5, 0.6) is 0 Å². The molecule has 0 atom stereocenters. The second-order valence-corrected chi connectivity index (χ2v) is 7.76. The fourth-order valence-electron chi connectivity index (χ4n) is 3.55. The van der Waals surface area contributed by atoms with Gasteiger partial charge in [-0.25, -0.2) is 0 Å². The van der Waals surface area contributed by atoms with Crippen molar-refractivity contribution in [3.63, 3.8) is 0 Å². The summed E-state index contributed by atoms with van der Waals surface area (Å²) >= 11 is 0. The lowest BCUT2D eigenvalue weighted by molar-refractivity contribution is -0.131. The predicted molar refractivity (Wildman–Crippen MR) is 113 cm³/mol. The van der Waals surface area contributed by atoms with E-state index in [1.54, 1.807) is 44.4 Å². The molecule has 0 spiro atoms. The van der Waals surface area contributed by atoms with Crippen molar-refractivity contribution in [2.75, 3.05) is 30.4 Å². The van der Waals surface area contributed by atoms with E-state index in [2.05, 4.69) is 10.6 Å². The third-order valence-corrected chi connectivity index (χ3v) is 5.29. The Bertz CT molecular complexity index is 969. The maximum absolute atomic E-state index is 12.6. The Morgan fingerprint density at radius 3 is 2.52 bits per heavy atom. The summed E-state index contributed by atoms with van der Waals surface area (Å²) in [5.41, 5.74) is 2.73. The lowest BCUT2D eigenvalue weighted by Crippen LogP contribution is -2.29. The molecule has 2 aromatic rings. The van der Waals surface area contributed by atoms with Crippen molar-refractivity contribution in [3.8, 4) is 11.1 Å². The largest absolute Gasteiger partial charge is 0.390 e. The summed E-state index contributed by atoms with van der Waals surface area (Å²) in [7, 11) is 1.64. The Morgan fingerprint density at radius 1 is 1.16 bits per heavy atom. The molecule has 2 N–H and O–H groups in total. The molecule has 0 saturated carbocycles. The van der Waals surface area contributed by atoms with Gasteiger partial charge in [-0.1, -0.05) is 6.07 Å². The van der Waals surface area contributed by atoms with E-state index >= 15 is 0 Å². The molecule has 1 aliphatic rings. The standard InChI is InChI=1S/C22H26F3N3O3/c1-14-11-17(13-28(2)21(14)30)16-3-4-18(19(12-16)26-8-7-22(23,24)25)27-20(29)15-5-9-31-10-6-15/h3-4,11-13,15,26H,5-10H2,1-2H3,(H,27,29). The minimum absolute atomic E-state index is 0.118. The van der Waals surface area contributed by atoms with Gasteiger partial charge in [0, 0.05) is 44.5 Å². The van der Waals surface area contributed by atoms with Crippen LogP contribution in [0.1, 0.15) is 24.8 Å². The molecule has 0 aliphatic carbocycles. The zero-order chi connectivity index (χ0) is 22.6. The van der Waals surface area contributed by atoms with Crippen molar-refractivity contribution in [2.24, 2.45) is 13.0 Å². The number of amides is 1. The lowest BCUT2D eigenvalue weighted by atomic mass is 9.99. The normalized spacial score (nSPS) is 15.0. The molecule has 1 fully saturated rings. The van der Waals surface area contributed by atoms with Crippen LogP contribution in [0, 0.1) is 12.8 Å². The number of aromatic nitrogens is 1. The summed E-state index contributed by atoms with van der Waals surface area (Å²) in [6.45, 7) is 2.41. The van der Waals surface area contributed by atoms with Gasteiger partial charge in [0.05, 0.1) is 17.8 Å². The summed E-state index contributed by atoms with van der Waals surface area (Å²) in [6.07, 6.45) is -2.39. The number of hydrogen-bond acceptors (Lipinski definition) is 4. The van der Waals surface area contributed by atoms with Crippen LogP contribution >= 0.6 is 0 Å². The first-order valence-corrected chi connectivity index (χ1v) is 10.1. The highest BCUT2D eigenvalue weighted by Crippen LogP contribution is 2.31. The Labute approximate surface area is 178 Å². The molecule has 168 valence electrons. The molecule has 1 aromatic carbocycles. The number of carbonyl (C=O) groups is 1. The van der Waals surface area contributed by atoms with E-state index in [0.717, 1.165) is 11.1 Å². The zero-order valence-electron chi connectivity index (χ0n) is 17.5. The fraction of sp³-hybridized carbons (Fsp3) is 0.455. The van der Waals surface area contributed by atoms with Gasteiger partial charge in [0.2, 0.25) is 5.91 Å². The van der Waals surface area contributed by atoms with Crippen LogP contribution in [0.15, 0.2) is 35.3 Å². The Balaban J connectivity index is 1.88. The number of benzene rings is 1. The molecule has 31 heavy (non-hydrogen) atoms. The summed E-state index contributed by atoms with van der Waals surface area (Å²) < 4.78 is 44.6. The monoisotopic (exact) mass is 437 g/mol.